The molecule has 0 aromatic heterocycles. The molecule has 3 rings (SSSR count). The number of nitrogens with one attached hydrogen (secondary N) is 3. The van der Waals surface area contributed by atoms with Gasteiger partial charge in [0.1, 0.15) is 11.8 Å². The molecule has 1 saturated heterocycles. The van der Waals surface area contributed by atoms with Crippen LogP contribution in [0.25, 0.3) is 0 Å². The fraction of sp³-hybridized carbons (Fsp3) is 0.263. The predicted octanol–water partition coefficient (Wildman–Crippen LogP) is 2.00. The fourth-order valence-electron chi connectivity index (χ4n) is 2.92. The van der Waals surface area contributed by atoms with Gasteiger partial charge in [0.05, 0.1) is 19.4 Å². The lowest BCUT2D eigenvalue weighted by atomic mass is 9.91. The van der Waals surface area contributed by atoms with Crippen LogP contribution in [0.4, 0.5) is 0 Å². The Balaban J connectivity index is 1.57. The third-order valence-electron chi connectivity index (χ3n) is 4.39. The lowest BCUT2D eigenvalue weighted by Crippen LogP contribution is -2.43. The molecule has 130 valence electrons. The van der Waals surface area contributed by atoms with Gasteiger partial charge < -0.3 is 4.74 Å². The first-order chi connectivity index (χ1) is 12.2. The maximum Gasteiger partial charge on any atom is 0.258 e. The summed E-state index contributed by atoms with van der Waals surface area (Å²) in [5, 5.41) is 4.04. The number of carbonyl (C=O) groups is 1. The molecule has 1 aliphatic heterocycles. The van der Waals surface area contributed by atoms with E-state index in [4.69, 9.17) is 4.74 Å². The van der Waals surface area contributed by atoms with Crippen molar-refractivity contribution in [2.75, 3.05) is 7.11 Å². The van der Waals surface area contributed by atoms with Gasteiger partial charge in [-0.15, -0.1) is 0 Å². The number of rotatable bonds is 5. The van der Waals surface area contributed by atoms with Crippen molar-refractivity contribution in [1.82, 2.24) is 16.3 Å². The van der Waals surface area contributed by atoms with Crippen LogP contribution in [0.5, 0.6) is 5.75 Å². The van der Waals surface area contributed by atoms with E-state index in [2.05, 4.69) is 33.5 Å². The molecule has 6 nitrogen and oxygen atoms in total. The predicted molar refractivity (Wildman–Crippen MR) is 97.1 cm³/mol. The van der Waals surface area contributed by atoms with Gasteiger partial charge in [0.2, 0.25) is 0 Å². The molecule has 3 unspecified atom stereocenters. The maximum atomic E-state index is 12.4. The molecule has 1 heterocycles. The quantitative estimate of drug-likeness (QED) is 0.576. The Hall–Kier alpha value is -2.70. The third kappa shape index (κ3) is 4.04. The average molecular weight is 338 g/mol. The van der Waals surface area contributed by atoms with E-state index < -0.39 is 0 Å². The summed E-state index contributed by atoms with van der Waals surface area (Å²) in [5.74, 6) is 0.713. The molecule has 1 fully saturated rings. The topological polar surface area (TPSA) is 74.8 Å². The van der Waals surface area contributed by atoms with Gasteiger partial charge in [-0.3, -0.25) is 4.79 Å². The van der Waals surface area contributed by atoms with E-state index in [0.717, 1.165) is 16.9 Å². The van der Waals surface area contributed by atoms with Gasteiger partial charge in [0.25, 0.3) is 5.91 Å². The van der Waals surface area contributed by atoms with Crippen LogP contribution in [0.3, 0.4) is 0 Å². The molecule has 0 spiro atoms. The van der Waals surface area contributed by atoms with Crippen LogP contribution in [0.15, 0.2) is 59.7 Å². The minimum Gasteiger partial charge on any atom is -0.497 e. The van der Waals surface area contributed by atoms with Crippen LogP contribution >= 0.6 is 0 Å². The number of hydrogen-bond acceptors (Lipinski definition) is 5. The molecule has 0 saturated carbocycles. The highest BCUT2D eigenvalue weighted by molar-refractivity contribution is 5.85. The van der Waals surface area contributed by atoms with Gasteiger partial charge in [0.15, 0.2) is 0 Å². The van der Waals surface area contributed by atoms with Crippen LogP contribution < -0.4 is 21.0 Å². The number of nitrogens with zero attached hydrogens (tertiary/aromatic N) is 1. The molecule has 25 heavy (non-hydrogen) atoms. The molecule has 1 amide bonds. The smallest absolute Gasteiger partial charge is 0.258 e. The first-order valence-electron chi connectivity index (χ1n) is 8.22. The highest BCUT2D eigenvalue weighted by Crippen LogP contribution is 2.28. The summed E-state index contributed by atoms with van der Waals surface area (Å²) in [6.45, 7) is 2.04. The third-order valence-corrected chi connectivity index (χ3v) is 4.39. The van der Waals surface area contributed by atoms with Crippen molar-refractivity contribution in [3.05, 3.63) is 65.7 Å². The normalized spacial score (nSPS) is 22.9. The summed E-state index contributed by atoms with van der Waals surface area (Å²) in [6, 6.07) is 17.3. The van der Waals surface area contributed by atoms with E-state index in [-0.39, 0.29) is 23.9 Å². The van der Waals surface area contributed by atoms with E-state index >= 15 is 0 Å². The lowest BCUT2D eigenvalue weighted by molar-refractivity contribution is -0.123. The second kappa shape index (κ2) is 7.92. The van der Waals surface area contributed by atoms with Crippen LogP contribution in [-0.4, -0.2) is 25.3 Å². The maximum absolute atomic E-state index is 12.4. The molecule has 3 N–H and O–H groups in total. The number of hydrazone groups is 1. The first-order valence-corrected chi connectivity index (χ1v) is 8.22. The molecule has 0 bridgehead atoms. The Labute approximate surface area is 147 Å². The van der Waals surface area contributed by atoms with Crippen molar-refractivity contribution in [3.8, 4) is 5.75 Å². The highest BCUT2D eigenvalue weighted by atomic mass is 16.5. The molecule has 1 aliphatic rings. The van der Waals surface area contributed by atoms with Gasteiger partial charge >= 0.3 is 0 Å². The summed E-state index contributed by atoms with van der Waals surface area (Å²) in [5.41, 5.74) is 10.9. The van der Waals surface area contributed by atoms with Gasteiger partial charge in [0, 0.05) is 5.92 Å². The van der Waals surface area contributed by atoms with Crippen molar-refractivity contribution in [2.45, 2.75) is 19.0 Å². The Bertz CT molecular complexity index is 731. The molecule has 0 radical (unpaired) electrons. The molecule has 6 heteroatoms. The van der Waals surface area contributed by atoms with Crippen LogP contribution in [-0.2, 0) is 4.79 Å². The summed E-state index contributed by atoms with van der Waals surface area (Å²) in [6.07, 6.45) is 1.61. The monoisotopic (exact) mass is 338 g/mol. The molecular weight excluding hydrogens is 316 g/mol. The Morgan fingerprint density at radius 2 is 1.84 bits per heavy atom. The number of methoxy groups -OCH3 is 1. The standard InChI is InChI=1S/C19H22N4O2/c1-13-17(15-6-4-3-5-7-15)21-22-18(13)19(24)23-20-12-14-8-10-16(25-2)11-9-14/h3-13,17-18,21-22H,1-2H3,(H,23,24)/b20-12+. The highest BCUT2D eigenvalue weighted by Gasteiger charge is 2.37. The largest absolute Gasteiger partial charge is 0.497 e. The van der Waals surface area contributed by atoms with E-state index in [1.165, 1.54) is 0 Å². The van der Waals surface area contributed by atoms with E-state index in [9.17, 15) is 4.79 Å². The number of hydrogen-bond donors (Lipinski definition) is 3. The van der Waals surface area contributed by atoms with Gasteiger partial charge in [-0.05, 0) is 35.4 Å². The van der Waals surface area contributed by atoms with E-state index in [0.29, 0.717) is 0 Å². The zero-order chi connectivity index (χ0) is 17.6. The molecular formula is C19H22N4O2. The van der Waals surface area contributed by atoms with Crippen molar-refractivity contribution in [2.24, 2.45) is 11.0 Å². The summed E-state index contributed by atoms with van der Waals surface area (Å²) < 4.78 is 5.11. The van der Waals surface area contributed by atoms with Crippen molar-refractivity contribution < 1.29 is 9.53 Å². The summed E-state index contributed by atoms with van der Waals surface area (Å²) in [7, 11) is 1.62. The van der Waals surface area contributed by atoms with Gasteiger partial charge in [-0.2, -0.15) is 5.10 Å². The number of carbonyl (C=O) groups excluding carboxylic acids is 1. The number of ether oxygens (including phenoxy) is 1. The number of hydrazine groups is 1. The summed E-state index contributed by atoms with van der Waals surface area (Å²) >= 11 is 0. The van der Waals surface area contributed by atoms with Crippen molar-refractivity contribution >= 4 is 12.1 Å². The Morgan fingerprint density at radius 3 is 2.52 bits per heavy atom. The second-order valence-electron chi connectivity index (χ2n) is 6.02. The van der Waals surface area contributed by atoms with Crippen molar-refractivity contribution in [3.63, 3.8) is 0 Å². The van der Waals surface area contributed by atoms with Crippen LogP contribution in [0.1, 0.15) is 24.1 Å². The summed E-state index contributed by atoms with van der Waals surface area (Å²) in [4.78, 5) is 12.4. The fourth-order valence-corrected chi connectivity index (χ4v) is 2.92. The SMILES string of the molecule is COc1ccc(/C=N/NC(=O)C2NNC(c3ccccc3)C2C)cc1. The molecule has 0 aliphatic carbocycles. The molecule has 3 atom stereocenters. The second-order valence-corrected chi connectivity index (χ2v) is 6.02. The minimum absolute atomic E-state index is 0.0857. The average Bonchev–Trinajstić information content (AvgIpc) is 3.04. The van der Waals surface area contributed by atoms with Gasteiger partial charge in [-0.1, -0.05) is 37.3 Å². The zero-order valence-corrected chi connectivity index (χ0v) is 14.3. The van der Waals surface area contributed by atoms with Crippen molar-refractivity contribution in [1.29, 1.82) is 0 Å². The van der Waals surface area contributed by atoms with E-state index in [1.807, 2.05) is 49.4 Å². The van der Waals surface area contributed by atoms with Gasteiger partial charge in [-0.25, -0.2) is 16.3 Å². The Kier molecular flexibility index (Phi) is 5.42. The van der Waals surface area contributed by atoms with Crippen LogP contribution in [0.2, 0.25) is 0 Å². The van der Waals surface area contributed by atoms with E-state index in [1.54, 1.807) is 13.3 Å². The molecule has 2 aromatic rings. The van der Waals surface area contributed by atoms with Crippen LogP contribution in [0, 0.1) is 5.92 Å². The zero-order valence-electron chi connectivity index (χ0n) is 14.3. The molecule has 2 aromatic carbocycles. The lowest BCUT2D eigenvalue weighted by Gasteiger charge is -2.17. The Morgan fingerprint density at radius 1 is 1.12 bits per heavy atom. The first kappa shape index (κ1) is 17.1. The number of amides is 1. The number of benzene rings is 2. The minimum atomic E-state index is -0.349.